The van der Waals surface area contributed by atoms with Crippen molar-refractivity contribution < 1.29 is 23.7 Å². The zero-order chi connectivity index (χ0) is 21.8. The second-order valence-corrected chi connectivity index (χ2v) is 5.76. The van der Waals surface area contributed by atoms with Crippen molar-refractivity contribution in [3.05, 3.63) is 47.5 Å². The number of ether oxygens (including phenoxy) is 4. The van der Waals surface area contributed by atoms with Gasteiger partial charge in [-0.2, -0.15) is 10.2 Å². The monoisotopic (exact) mass is 414 g/mol. The van der Waals surface area contributed by atoms with Crippen molar-refractivity contribution in [2.24, 2.45) is 10.2 Å². The van der Waals surface area contributed by atoms with E-state index in [0.29, 0.717) is 36.2 Å². The maximum absolute atomic E-state index is 11.8. The van der Waals surface area contributed by atoms with Crippen LogP contribution in [0.3, 0.4) is 0 Å². The Morgan fingerprint density at radius 1 is 0.800 bits per heavy atom. The average molecular weight is 414 g/mol. The Morgan fingerprint density at radius 3 is 1.60 bits per heavy atom. The zero-order valence-electron chi connectivity index (χ0n) is 17.5. The van der Waals surface area contributed by atoms with Gasteiger partial charge in [0.25, 0.3) is 0 Å². The molecule has 9 heteroatoms. The number of amides is 2. The summed E-state index contributed by atoms with van der Waals surface area (Å²) in [7, 11) is 3.12. The number of hydrazone groups is 2. The smallest absolute Gasteiger partial charge is 0.355 e. The average Bonchev–Trinajstić information content (AvgIpc) is 2.76. The van der Waals surface area contributed by atoms with Gasteiger partial charge in [-0.05, 0) is 61.4 Å². The molecule has 0 saturated carbocycles. The Bertz CT molecular complexity index is 827. The number of methoxy groups -OCH3 is 2. The Labute approximate surface area is 175 Å². The summed E-state index contributed by atoms with van der Waals surface area (Å²) in [6, 6.07) is 10.1. The Balaban J connectivity index is 1.89. The molecule has 2 N–H and O–H groups in total. The van der Waals surface area contributed by atoms with Crippen molar-refractivity contribution in [3.8, 4) is 23.0 Å². The minimum atomic E-state index is -0.585. The van der Waals surface area contributed by atoms with E-state index in [0.717, 1.165) is 11.1 Å². The van der Waals surface area contributed by atoms with Gasteiger partial charge in [0.05, 0.1) is 39.9 Å². The lowest BCUT2D eigenvalue weighted by atomic mass is 10.2. The topological polar surface area (TPSA) is 103 Å². The van der Waals surface area contributed by atoms with E-state index in [1.807, 2.05) is 13.8 Å². The highest BCUT2D eigenvalue weighted by Gasteiger charge is 2.05. The van der Waals surface area contributed by atoms with Gasteiger partial charge in [-0.25, -0.2) is 15.6 Å². The van der Waals surface area contributed by atoms with Gasteiger partial charge in [-0.3, -0.25) is 0 Å². The maximum Gasteiger partial charge on any atom is 0.355 e. The molecule has 0 fully saturated rings. The van der Waals surface area contributed by atoms with Crippen LogP contribution in [0, 0.1) is 0 Å². The van der Waals surface area contributed by atoms with Gasteiger partial charge in [0.15, 0.2) is 23.0 Å². The largest absolute Gasteiger partial charge is 0.493 e. The molecule has 2 amide bonds. The molecule has 2 aromatic carbocycles. The molecule has 0 bridgehead atoms. The molecule has 0 heterocycles. The van der Waals surface area contributed by atoms with Gasteiger partial charge >= 0.3 is 6.03 Å². The zero-order valence-corrected chi connectivity index (χ0v) is 17.5. The highest BCUT2D eigenvalue weighted by molar-refractivity contribution is 5.84. The predicted octanol–water partition coefficient (Wildman–Crippen LogP) is 3.17. The molecule has 9 nitrogen and oxygen atoms in total. The summed E-state index contributed by atoms with van der Waals surface area (Å²) in [5.41, 5.74) is 6.14. The normalized spacial score (nSPS) is 10.8. The van der Waals surface area contributed by atoms with E-state index in [1.165, 1.54) is 12.4 Å². The number of nitrogens with zero attached hydrogens (tertiary/aromatic N) is 2. The van der Waals surface area contributed by atoms with Crippen molar-refractivity contribution in [1.82, 2.24) is 10.9 Å². The summed E-state index contributed by atoms with van der Waals surface area (Å²) in [5, 5.41) is 7.77. The standard InChI is InChI=1S/C21H26N4O5/c1-5-29-17-9-7-15(11-19(17)27-3)13-22-24-21(26)25-23-14-16-8-10-18(30-6-2)20(12-16)28-4/h7-14H,5-6H2,1-4H3,(H2,24,25,26). The SMILES string of the molecule is CCOc1ccc(C=NNC(=O)NN=Cc2ccc(OCC)c(OC)c2)cc1OC. The minimum Gasteiger partial charge on any atom is -0.493 e. The fourth-order valence-electron chi connectivity index (χ4n) is 2.43. The molecule has 30 heavy (non-hydrogen) atoms. The van der Waals surface area contributed by atoms with E-state index in [4.69, 9.17) is 18.9 Å². The van der Waals surface area contributed by atoms with Crippen molar-refractivity contribution in [3.63, 3.8) is 0 Å². The quantitative estimate of drug-likeness (QED) is 0.459. The van der Waals surface area contributed by atoms with E-state index in [-0.39, 0.29) is 0 Å². The first-order chi connectivity index (χ1) is 14.6. The number of urea groups is 1. The van der Waals surface area contributed by atoms with Crippen LogP contribution in [0.1, 0.15) is 25.0 Å². The first kappa shape index (κ1) is 22.5. The summed E-state index contributed by atoms with van der Waals surface area (Å²) in [6.45, 7) is 4.86. The van der Waals surface area contributed by atoms with Gasteiger partial charge in [0.1, 0.15) is 0 Å². The molecule has 0 aliphatic rings. The Hall–Kier alpha value is -3.75. The minimum absolute atomic E-state index is 0.537. The number of rotatable bonds is 10. The molecule has 0 atom stereocenters. The van der Waals surface area contributed by atoms with Crippen molar-refractivity contribution >= 4 is 18.5 Å². The number of carbonyl (C=O) groups excluding carboxylic acids is 1. The van der Waals surface area contributed by atoms with Crippen molar-refractivity contribution in [2.75, 3.05) is 27.4 Å². The molecule has 0 aromatic heterocycles. The summed E-state index contributed by atoms with van der Waals surface area (Å²) in [4.78, 5) is 11.8. The third-order valence-corrected chi connectivity index (χ3v) is 3.73. The van der Waals surface area contributed by atoms with Gasteiger partial charge in [-0.1, -0.05) is 0 Å². The number of carbonyl (C=O) groups is 1. The first-order valence-corrected chi connectivity index (χ1v) is 9.35. The van der Waals surface area contributed by atoms with Gasteiger partial charge in [0, 0.05) is 0 Å². The number of benzene rings is 2. The lowest BCUT2D eigenvalue weighted by Crippen LogP contribution is -2.28. The van der Waals surface area contributed by atoms with Gasteiger partial charge in [0.2, 0.25) is 0 Å². The third kappa shape index (κ3) is 6.69. The Morgan fingerprint density at radius 2 is 1.23 bits per heavy atom. The van der Waals surface area contributed by atoms with E-state index in [1.54, 1.807) is 50.6 Å². The molecule has 0 radical (unpaired) electrons. The summed E-state index contributed by atoms with van der Waals surface area (Å²) < 4.78 is 21.5. The lowest BCUT2D eigenvalue weighted by Gasteiger charge is -2.09. The number of hydrogen-bond acceptors (Lipinski definition) is 7. The van der Waals surface area contributed by atoms with E-state index in [2.05, 4.69) is 21.1 Å². The summed E-state index contributed by atoms with van der Waals surface area (Å²) in [6.07, 6.45) is 2.97. The molecule has 0 aliphatic heterocycles. The second-order valence-electron chi connectivity index (χ2n) is 5.76. The van der Waals surface area contributed by atoms with Gasteiger partial charge in [-0.15, -0.1) is 0 Å². The van der Waals surface area contributed by atoms with Crippen LogP contribution < -0.4 is 29.8 Å². The van der Waals surface area contributed by atoms with Crippen LogP contribution in [0.15, 0.2) is 46.6 Å². The fourth-order valence-corrected chi connectivity index (χ4v) is 2.43. The van der Waals surface area contributed by atoms with E-state index < -0.39 is 6.03 Å². The molecule has 0 spiro atoms. The molecular weight excluding hydrogens is 388 g/mol. The van der Waals surface area contributed by atoms with Crippen LogP contribution in [0.2, 0.25) is 0 Å². The lowest BCUT2D eigenvalue weighted by molar-refractivity contribution is 0.242. The highest BCUT2D eigenvalue weighted by atomic mass is 16.5. The van der Waals surface area contributed by atoms with Crippen LogP contribution in [0.5, 0.6) is 23.0 Å². The molecular formula is C21H26N4O5. The molecule has 2 rings (SSSR count). The van der Waals surface area contributed by atoms with Crippen molar-refractivity contribution in [2.45, 2.75) is 13.8 Å². The highest BCUT2D eigenvalue weighted by Crippen LogP contribution is 2.28. The van der Waals surface area contributed by atoms with Crippen molar-refractivity contribution in [1.29, 1.82) is 0 Å². The summed E-state index contributed by atoms with van der Waals surface area (Å²) in [5.74, 6) is 2.45. The molecule has 0 aliphatic carbocycles. The maximum atomic E-state index is 11.8. The van der Waals surface area contributed by atoms with Crippen LogP contribution in [-0.4, -0.2) is 45.9 Å². The molecule has 160 valence electrons. The van der Waals surface area contributed by atoms with Crippen LogP contribution in [0.25, 0.3) is 0 Å². The van der Waals surface area contributed by atoms with E-state index >= 15 is 0 Å². The predicted molar refractivity (Wildman–Crippen MR) is 115 cm³/mol. The molecule has 2 aromatic rings. The van der Waals surface area contributed by atoms with Crippen LogP contribution in [0.4, 0.5) is 4.79 Å². The van der Waals surface area contributed by atoms with Crippen LogP contribution in [-0.2, 0) is 0 Å². The summed E-state index contributed by atoms with van der Waals surface area (Å²) >= 11 is 0. The van der Waals surface area contributed by atoms with Gasteiger partial charge < -0.3 is 18.9 Å². The van der Waals surface area contributed by atoms with Crippen LogP contribution >= 0.6 is 0 Å². The number of hydrogen-bond donors (Lipinski definition) is 2. The van der Waals surface area contributed by atoms with E-state index in [9.17, 15) is 4.79 Å². The Kier molecular flexibility index (Phi) is 8.98. The fraction of sp³-hybridized carbons (Fsp3) is 0.286. The molecule has 0 unspecified atom stereocenters. The second kappa shape index (κ2) is 11.9. The third-order valence-electron chi connectivity index (χ3n) is 3.73. The molecule has 0 saturated heterocycles. The number of nitrogens with one attached hydrogen (secondary N) is 2. The first-order valence-electron chi connectivity index (χ1n) is 9.35.